The molecule has 1 aromatic heterocycles. The molecule has 24 heavy (non-hydrogen) atoms. The van der Waals surface area contributed by atoms with Gasteiger partial charge >= 0.3 is 5.97 Å². The Bertz CT molecular complexity index is 755. The molecule has 1 aromatic carbocycles. The van der Waals surface area contributed by atoms with E-state index in [0.717, 1.165) is 10.6 Å². The number of rotatable bonds is 6. The summed E-state index contributed by atoms with van der Waals surface area (Å²) < 4.78 is 0. The summed E-state index contributed by atoms with van der Waals surface area (Å²) in [6.45, 7) is 5.83. The molecule has 128 valence electrons. The van der Waals surface area contributed by atoms with Crippen molar-refractivity contribution in [2.45, 2.75) is 33.2 Å². The predicted molar refractivity (Wildman–Crippen MR) is 94.4 cm³/mol. The lowest BCUT2D eigenvalue weighted by Gasteiger charge is -2.11. The van der Waals surface area contributed by atoms with Crippen molar-refractivity contribution in [1.82, 2.24) is 4.98 Å². The number of nitrogens with two attached hydrogens (primary N) is 1. The smallest absolute Gasteiger partial charge is 0.337 e. The van der Waals surface area contributed by atoms with Crippen molar-refractivity contribution in [3.8, 4) is 0 Å². The van der Waals surface area contributed by atoms with Crippen LogP contribution in [-0.4, -0.2) is 22.0 Å². The zero-order chi connectivity index (χ0) is 17.9. The Balaban J connectivity index is 2.08. The van der Waals surface area contributed by atoms with Gasteiger partial charge in [-0.3, -0.25) is 4.79 Å². The summed E-state index contributed by atoms with van der Waals surface area (Å²) >= 11 is 1.43. The molecule has 2 rings (SSSR count). The molecule has 1 heterocycles. The number of hydrogen-bond donors (Lipinski definition) is 3. The normalized spacial score (nSPS) is 12.2. The predicted octanol–water partition coefficient (Wildman–Crippen LogP) is 2.99. The average molecular weight is 347 g/mol. The van der Waals surface area contributed by atoms with Crippen molar-refractivity contribution in [2.75, 3.05) is 5.32 Å². The molecule has 0 aliphatic rings. The van der Waals surface area contributed by atoms with Crippen molar-refractivity contribution < 1.29 is 14.7 Å². The summed E-state index contributed by atoms with van der Waals surface area (Å²) in [6, 6.07) is 4.73. The van der Waals surface area contributed by atoms with Crippen LogP contribution in [0, 0.1) is 12.8 Å². The van der Waals surface area contributed by atoms with Crippen LogP contribution >= 0.6 is 11.3 Å². The van der Waals surface area contributed by atoms with E-state index in [1.54, 1.807) is 19.1 Å². The molecule has 0 aliphatic heterocycles. The minimum Gasteiger partial charge on any atom is -0.478 e. The summed E-state index contributed by atoms with van der Waals surface area (Å²) in [6.07, 6.45) is 0.0776. The van der Waals surface area contributed by atoms with E-state index in [9.17, 15) is 14.7 Å². The van der Waals surface area contributed by atoms with Crippen molar-refractivity contribution >= 4 is 28.9 Å². The SMILES string of the molecule is Cc1ccc(NC(=O)Cc2csc(C(N)C(C)C)n2)c(C(=O)O)c1. The second-order valence-electron chi connectivity index (χ2n) is 6.03. The molecule has 0 spiro atoms. The van der Waals surface area contributed by atoms with Crippen LogP contribution in [-0.2, 0) is 11.2 Å². The van der Waals surface area contributed by atoms with Gasteiger partial charge in [0.05, 0.1) is 29.4 Å². The second-order valence-corrected chi connectivity index (χ2v) is 6.92. The maximum atomic E-state index is 12.2. The molecule has 1 atom stereocenters. The van der Waals surface area contributed by atoms with Gasteiger partial charge in [-0.2, -0.15) is 0 Å². The Morgan fingerprint density at radius 1 is 1.38 bits per heavy atom. The van der Waals surface area contributed by atoms with E-state index in [1.807, 2.05) is 19.2 Å². The van der Waals surface area contributed by atoms with Crippen LogP contribution in [0.1, 0.15) is 46.5 Å². The summed E-state index contributed by atoms with van der Waals surface area (Å²) in [5.41, 5.74) is 7.86. The van der Waals surface area contributed by atoms with Gasteiger partial charge < -0.3 is 16.2 Å². The van der Waals surface area contributed by atoms with Crippen LogP contribution in [0.25, 0.3) is 0 Å². The number of thiazole rings is 1. The summed E-state index contributed by atoms with van der Waals surface area (Å²) in [5.74, 6) is -1.12. The van der Waals surface area contributed by atoms with Gasteiger partial charge in [-0.25, -0.2) is 9.78 Å². The van der Waals surface area contributed by atoms with Crippen molar-refractivity contribution in [3.05, 3.63) is 45.4 Å². The lowest BCUT2D eigenvalue weighted by atomic mass is 10.1. The van der Waals surface area contributed by atoms with Crippen LogP contribution < -0.4 is 11.1 Å². The highest BCUT2D eigenvalue weighted by Crippen LogP contribution is 2.23. The van der Waals surface area contributed by atoms with E-state index >= 15 is 0 Å². The number of nitrogens with zero attached hydrogens (tertiary/aromatic N) is 1. The number of carbonyl (C=O) groups is 2. The minimum absolute atomic E-state index is 0.0733. The van der Waals surface area contributed by atoms with Gasteiger partial charge in [0, 0.05) is 5.38 Å². The third kappa shape index (κ3) is 4.39. The van der Waals surface area contributed by atoms with Gasteiger partial charge in [0.2, 0.25) is 5.91 Å². The highest BCUT2D eigenvalue weighted by Gasteiger charge is 2.17. The Kier molecular flexibility index (Phi) is 5.69. The van der Waals surface area contributed by atoms with E-state index in [0.29, 0.717) is 5.69 Å². The number of benzene rings is 1. The number of carbonyl (C=O) groups excluding carboxylic acids is 1. The van der Waals surface area contributed by atoms with E-state index < -0.39 is 5.97 Å². The molecule has 2 aromatic rings. The van der Waals surface area contributed by atoms with Crippen molar-refractivity contribution in [1.29, 1.82) is 0 Å². The fourth-order valence-corrected chi connectivity index (χ4v) is 3.14. The summed E-state index contributed by atoms with van der Waals surface area (Å²) in [7, 11) is 0. The maximum Gasteiger partial charge on any atom is 0.337 e. The fraction of sp³-hybridized carbons (Fsp3) is 0.353. The van der Waals surface area contributed by atoms with Gasteiger partial charge in [-0.1, -0.05) is 25.5 Å². The van der Waals surface area contributed by atoms with Crippen LogP contribution in [0.15, 0.2) is 23.6 Å². The molecule has 0 fully saturated rings. The summed E-state index contributed by atoms with van der Waals surface area (Å²) in [4.78, 5) is 27.9. The molecule has 0 aliphatic carbocycles. The number of aromatic carboxylic acids is 1. The van der Waals surface area contributed by atoms with Crippen LogP contribution in [0.2, 0.25) is 0 Å². The first-order chi connectivity index (χ1) is 11.3. The molecule has 1 amide bonds. The quantitative estimate of drug-likeness (QED) is 0.745. The van der Waals surface area contributed by atoms with Crippen molar-refractivity contribution in [2.24, 2.45) is 11.7 Å². The molecule has 7 heteroatoms. The van der Waals surface area contributed by atoms with Crippen LogP contribution in [0.3, 0.4) is 0 Å². The number of hydrogen-bond acceptors (Lipinski definition) is 5. The number of amides is 1. The molecule has 4 N–H and O–H groups in total. The molecular formula is C17H21N3O3S. The molecule has 6 nitrogen and oxygen atoms in total. The molecule has 0 radical (unpaired) electrons. The lowest BCUT2D eigenvalue weighted by Crippen LogP contribution is -2.18. The monoisotopic (exact) mass is 347 g/mol. The largest absolute Gasteiger partial charge is 0.478 e. The van der Waals surface area contributed by atoms with Crippen LogP contribution in [0.4, 0.5) is 5.69 Å². The number of carboxylic acids is 1. The molecule has 0 bridgehead atoms. The number of carboxylic acid groups (broad SMARTS) is 1. The number of aryl methyl sites for hydroxylation is 1. The Labute approximate surface area is 144 Å². The van der Waals surface area contributed by atoms with Gasteiger partial charge in [0.1, 0.15) is 5.01 Å². The number of nitrogens with one attached hydrogen (secondary N) is 1. The Hall–Kier alpha value is -2.25. The van der Waals surface area contributed by atoms with Gasteiger partial charge in [0.25, 0.3) is 0 Å². The molecule has 0 saturated carbocycles. The topological polar surface area (TPSA) is 105 Å². The third-order valence-corrected chi connectivity index (χ3v) is 4.59. The van der Waals surface area contributed by atoms with Crippen LogP contribution in [0.5, 0.6) is 0 Å². The van der Waals surface area contributed by atoms with E-state index in [-0.39, 0.29) is 35.5 Å². The molecular weight excluding hydrogens is 326 g/mol. The zero-order valence-electron chi connectivity index (χ0n) is 13.9. The van der Waals surface area contributed by atoms with Gasteiger partial charge in [-0.05, 0) is 25.0 Å². The first kappa shape index (κ1) is 18.1. The van der Waals surface area contributed by atoms with Gasteiger partial charge in [0.15, 0.2) is 0 Å². The zero-order valence-corrected chi connectivity index (χ0v) is 14.7. The molecule has 0 saturated heterocycles. The Morgan fingerprint density at radius 2 is 2.08 bits per heavy atom. The standard InChI is InChI=1S/C17H21N3O3S/c1-9(2)15(18)16-19-11(8-24-16)7-14(21)20-13-5-4-10(3)6-12(13)17(22)23/h4-6,8-9,15H,7,18H2,1-3H3,(H,20,21)(H,22,23). The average Bonchev–Trinajstić information content (AvgIpc) is 2.96. The third-order valence-electron chi connectivity index (χ3n) is 3.59. The highest BCUT2D eigenvalue weighted by atomic mass is 32.1. The van der Waals surface area contributed by atoms with E-state index in [4.69, 9.17) is 5.73 Å². The van der Waals surface area contributed by atoms with E-state index in [2.05, 4.69) is 10.3 Å². The minimum atomic E-state index is -1.08. The Morgan fingerprint density at radius 3 is 2.71 bits per heavy atom. The van der Waals surface area contributed by atoms with Gasteiger partial charge in [-0.15, -0.1) is 11.3 Å². The number of aromatic nitrogens is 1. The van der Waals surface area contributed by atoms with Crippen molar-refractivity contribution in [3.63, 3.8) is 0 Å². The van der Waals surface area contributed by atoms with E-state index in [1.165, 1.54) is 17.4 Å². The first-order valence-electron chi connectivity index (χ1n) is 7.61. The first-order valence-corrected chi connectivity index (χ1v) is 8.49. The fourth-order valence-electron chi connectivity index (χ4n) is 2.15. The maximum absolute atomic E-state index is 12.2. The summed E-state index contributed by atoms with van der Waals surface area (Å²) in [5, 5.41) is 14.5. The second kappa shape index (κ2) is 7.55. The number of anilines is 1. The molecule has 1 unspecified atom stereocenters. The lowest BCUT2D eigenvalue weighted by molar-refractivity contribution is -0.115. The highest BCUT2D eigenvalue weighted by molar-refractivity contribution is 7.09.